The van der Waals surface area contributed by atoms with Crippen molar-refractivity contribution in [3.8, 4) is 17.0 Å². The lowest BCUT2D eigenvalue weighted by molar-refractivity contribution is 0.104. The summed E-state index contributed by atoms with van der Waals surface area (Å²) in [5.41, 5.74) is 2.75. The minimum atomic E-state index is -2.08. The summed E-state index contributed by atoms with van der Waals surface area (Å²) in [6.07, 6.45) is 0. The standard InChI is InChI=1S/C20H17BFNO2/c1-14-10-12-16(13-11-14)20(24)21(22)25-19-9-4-3-7-17(19)18-8-5-6-15(2)23-18/h3-13H,1-2H3. The van der Waals surface area contributed by atoms with E-state index in [9.17, 15) is 9.11 Å². The Balaban J connectivity index is 1.85. The van der Waals surface area contributed by atoms with E-state index < -0.39 is 12.9 Å². The Morgan fingerprint density at radius 2 is 1.68 bits per heavy atom. The van der Waals surface area contributed by atoms with Gasteiger partial charge in [-0.2, -0.15) is 0 Å². The second-order valence-electron chi connectivity index (χ2n) is 5.82. The van der Waals surface area contributed by atoms with Crippen molar-refractivity contribution in [3.05, 3.63) is 83.6 Å². The first-order valence-corrected chi connectivity index (χ1v) is 7.99. The lowest BCUT2D eigenvalue weighted by atomic mass is 9.81. The van der Waals surface area contributed by atoms with Gasteiger partial charge in [-0.1, -0.05) is 48.0 Å². The number of carbonyl (C=O) groups excluding carboxylic acids is 1. The predicted octanol–water partition coefficient (Wildman–Crippen LogP) is 4.62. The molecule has 0 saturated heterocycles. The molecule has 0 bridgehead atoms. The van der Waals surface area contributed by atoms with E-state index in [2.05, 4.69) is 4.98 Å². The zero-order valence-electron chi connectivity index (χ0n) is 14.1. The van der Waals surface area contributed by atoms with Crippen molar-refractivity contribution in [3.63, 3.8) is 0 Å². The Hall–Kier alpha value is -2.95. The van der Waals surface area contributed by atoms with Crippen molar-refractivity contribution in [2.75, 3.05) is 0 Å². The molecule has 3 nitrogen and oxygen atoms in total. The minimum Gasteiger partial charge on any atom is -0.527 e. The molecular formula is C20H17BFNO2. The topological polar surface area (TPSA) is 39.2 Å². The molecule has 124 valence electrons. The zero-order valence-corrected chi connectivity index (χ0v) is 14.1. The van der Waals surface area contributed by atoms with Crippen molar-refractivity contribution < 1.29 is 13.8 Å². The molecule has 1 aromatic heterocycles. The molecule has 2 aromatic carbocycles. The maximum absolute atomic E-state index is 14.5. The SMILES string of the molecule is Cc1ccc(C(=O)B(F)Oc2ccccc2-c2cccc(C)n2)cc1. The van der Waals surface area contributed by atoms with Crippen LogP contribution in [0.15, 0.2) is 66.7 Å². The maximum atomic E-state index is 14.5. The van der Waals surface area contributed by atoms with Crippen LogP contribution in [0.25, 0.3) is 11.3 Å². The van der Waals surface area contributed by atoms with Gasteiger partial charge in [0, 0.05) is 16.8 Å². The zero-order chi connectivity index (χ0) is 17.8. The first kappa shape index (κ1) is 16.9. The van der Waals surface area contributed by atoms with Gasteiger partial charge in [-0.3, -0.25) is 14.1 Å². The number of aromatic nitrogens is 1. The summed E-state index contributed by atoms with van der Waals surface area (Å²) < 4.78 is 19.8. The van der Waals surface area contributed by atoms with Gasteiger partial charge in [-0.05, 0) is 38.1 Å². The van der Waals surface area contributed by atoms with Gasteiger partial charge in [0.1, 0.15) is 5.75 Å². The summed E-state index contributed by atoms with van der Waals surface area (Å²) in [5.74, 6) is 0.286. The van der Waals surface area contributed by atoms with E-state index in [1.54, 1.807) is 42.5 Å². The molecule has 0 aliphatic rings. The number of nitrogens with zero attached hydrogens (tertiary/aromatic N) is 1. The third-order valence-corrected chi connectivity index (χ3v) is 3.82. The van der Waals surface area contributed by atoms with Crippen molar-refractivity contribution in [1.82, 2.24) is 4.98 Å². The molecule has 1 heterocycles. The molecule has 0 amide bonds. The van der Waals surface area contributed by atoms with Gasteiger partial charge in [-0.25, -0.2) is 0 Å². The molecule has 5 heteroatoms. The second kappa shape index (κ2) is 7.30. The molecule has 0 fully saturated rings. The Labute approximate surface area is 146 Å². The third-order valence-electron chi connectivity index (χ3n) is 3.82. The molecule has 0 saturated carbocycles. The number of hydrogen-bond donors (Lipinski definition) is 0. The third kappa shape index (κ3) is 3.94. The number of aryl methyl sites for hydroxylation is 2. The summed E-state index contributed by atoms with van der Waals surface area (Å²) in [6.45, 7) is 3.79. The fraction of sp³-hybridized carbons (Fsp3) is 0.100. The first-order chi connectivity index (χ1) is 12.0. The number of para-hydroxylation sites is 1. The van der Waals surface area contributed by atoms with Gasteiger partial charge in [0.15, 0.2) is 0 Å². The highest BCUT2D eigenvalue weighted by molar-refractivity contribution is 6.83. The summed E-state index contributed by atoms with van der Waals surface area (Å²) in [7, 11) is -2.08. The minimum absolute atomic E-state index is 0.282. The van der Waals surface area contributed by atoms with Gasteiger partial charge in [0.25, 0.3) is 0 Å². The van der Waals surface area contributed by atoms with Crippen LogP contribution in [0.5, 0.6) is 5.75 Å². The van der Waals surface area contributed by atoms with E-state index in [4.69, 9.17) is 4.65 Å². The first-order valence-electron chi connectivity index (χ1n) is 7.99. The Bertz CT molecular complexity index is 896. The molecular weight excluding hydrogens is 316 g/mol. The number of pyridine rings is 1. The number of rotatable bonds is 5. The normalized spacial score (nSPS) is 10.4. The quantitative estimate of drug-likeness (QED) is 0.640. The van der Waals surface area contributed by atoms with Crippen LogP contribution in [-0.4, -0.2) is 17.9 Å². The van der Waals surface area contributed by atoms with Crippen LogP contribution in [0.3, 0.4) is 0 Å². The van der Waals surface area contributed by atoms with E-state index in [-0.39, 0.29) is 11.3 Å². The van der Waals surface area contributed by atoms with Crippen molar-refractivity contribution in [2.45, 2.75) is 13.8 Å². The van der Waals surface area contributed by atoms with Crippen molar-refractivity contribution in [1.29, 1.82) is 0 Å². The molecule has 25 heavy (non-hydrogen) atoms. The van der Waals surface area contributed by atoms with Gasteiger partial charge in [0.2, 0.25) is 5.68 Å². The number of carbonyl (C=O) groups is 1. The summed E-state index contributed by atoms with van der Waals surface area (Å²) >= 11 is 0. The van der Waals surface area contributed by atoms with E-state index >= 15 is 0 Å². The lowest BCUT2D eigenvalue weighted by Crippen LogP contribution is -2.28. The van der Waals surface area contributed by atoms with Crippen LogP contribution in [0.2, 0.25) is 0 Å². The van der Waals surface area contributed by atoms with E-state index in [0.29, 0.717) is 11.3 Å². The van der Waals surface area contributed by atoms with Crippen LogP contribution in [0.1, 0.15) is 21.6 Å². The fourth-order valence-electron chi connectivity index (χ4n) is 2.49. The van der Waals surface area contributed by atoms with Crippen LogP contribution in [0, 0.1) is 13.8 Å². The summed E-state index contributed by atoms with van der Waals surface area (Å²) in [6, 6.07) is 19.3. The lowest BCUT2D eigenvalue weighted by Gasteiger charge is -2.12. The monoisotopic (exact) mass is 333 g/mol. The molecule has 0 spiro atoms. The Morgan fingerprint density at radius 3 is 2.40 bits per heavy atom. The highest BCUT2D eigenvalue weighted by Crippen LogP contribution is 2.29. The maximum Gasteiger partial charge on any atom is 0.645 e. The van der Waals surface area contributed by atoms with Gasteiger partial charge in [0.05, 0.1) is 5.69 Å². The van der Waals surface area contributed by atoms with Gasteiger partial charge >= 0.3 is 7.19 Å². The summed E-state index contributed by atoms with van der Waals surface area (Å²) in [5, 5.41) is 0. The molecule has 0 N–H and O–H groups in total. The fourth-order valence-corrected chi connectivity index (χ4v) is 2.49. The number of benzene rings is 2. The number of hydrogen-bond acceptors (Lipinski definition) is 3. The van der Waals surface area contributed by atoms with E-state index in [1.807, 2.05) is 38.1 Å². The molecule has 0 aliphatic carbocycles. The Kier molecular flexibility index (Phi) is 4.94. The van der Waals surface area contributed by atoms with Crippen LogP contribution >= 0.6 is 0 Å². The van der Waals surface area contributed by atoms with Gasteiger partial charge < -0.3 is 4.65 Å². The highest BCUT2D eigenvalue weighted by Gasteiger charge is 2.31. The van der Waals surface area contributed by atoms with Crippen LogP contribution < -0.4 is 4.65 Å². The smallest absolute Gasteiger partial charge is 0.527 e. The van der Waals surface area contributed by atoms with Crippen LogP contribution in [0.4, 0.5) is 4.32 Å². The highest BCUT2D eigenvalue weighted by atomic mass is 19.1. The average Bonchev–Trinajstić information content (AvgIpc) is 2.62. The van der Waals surface area contributed by atoms with E-state index in [1.165, 1.54) is 0 Å². The van der Waals surface area contributed by atoms with Crippen molar-refractivity contribution >= 4 is 12.9 Å². The number of halogens is 1. The molecule has 3 aromatic rings. The second-order valence-corrected chi connectivity index (χ2v) is 5.82. The molecule has 0 radical (unpaired) electrons. The predicted molar refractivity (Wildman–Crippen MR) is 97.4 cm³/mol. The Morgan fingerprint density at radius 1 is 0.960 bits per heavy atom. The molecule has 0 aliphatic heterocycles. The van der Waals surface area contributed by atoms with Gasteiger partial charge in [-0.15, -0.1) is 0 Å². The summed E-state index contributed by atoms with van der Waals surface area (Å²) in [4.78, 5) is 16.7. The van der Waals surface area contributed by atoms with Crippen LogP contribution in [-0.2, 0) is 0 Å². The molecule has 3 rings (SSSR count). The van der Waals surface area contributed by atoms with E-state index in [0.717, 1.165) is 11.3 Å². The van der Waals surface area contributed by atoms with Crippen molar-refractivity contribution in [2.24, 2.45) is 0 Å². The average molecular weight is 333 g/mol. The molecule has 0 atom stereocenters. The largest absolute Gasteiger partial charge is 0.645 e. The molecule has 0 unspecified atom stereocenters.